The van der Waals surface area contributed by atoms with Gasteiger partial charge in [0.1, 0.15) is 11.4 Å². The summed E-state index contributed by atoms with van der Waals surface area (Å²) >= 11 is 0. The third kappa shape index (κ3) is 8.50. The van der Waals surface area contributed by atoms with Gasteiger partial charge in [0.2, 0.25) is 0 Å². The standard InChI is InChI=1S/C20H32N2O3.BH3O2/c1-20(2,3)25-19(23)22(4)17-12-10-16(11-13-17)21-14-15-8-6-7-9-18(15)24-5;2-1-3/h6-9,16-17,21H,10-14H2,1-5H3;1-3H. The number of amides is 1. The molecular formula is C20H35BN2O5. The zero-order valence-corrected chi connectivity index (χ0v) is 17.8. The molecule has 1 aromatic carbocycles. The number of nitrogens with zero attached hydrogens (tertiary/aromatic N) is 1. The normalized spacial score (nSPS) is 19.1. The summed E-state index contributed by atoms with van der Waals surface area (Å²) in [6.07, 6.45) is 3.90. The van der Waals surface area contributed by atoms with E-state index in [4.69, 9.17) is 19.5 Å². The Hall–Kier alpha value is -1.77. The van der Waals surface area contributed by atoms with Crippen molar-refractivity contribution in [3.8, 4) is 5.75 Å². The van der Waals surface area contributed by atoms with Crippen LogP contribution in [-0.4, -0.2) is 60.6 Å². The van der Waals surface area contributed by atoms with Gasteiger partial charge in [0, 0.05) is 31.2 Å². The maximum absolute atomic E-state index is 12.2. The summed E-state index contributed by atoms with van der Waals surface area (Å²) in [7, 11) is 2.80. The highest BCUT2D eigenvalue weighted by atomic mass is 16.6. The van der Waals surface area contributed by atoms with Crippen LogP contribution in [0, 0.1) is 0 Å². The molecule has 8 heteroatoms. The van der Waals surface area contributed by atoms with Crippen LogP contribution in [0.2, 0.25) is 0 Å². The topological polar surface area (TPSA) is 91.3 Å². The summed E-state index contributed by atoms with van der Waals surface area (Å²) < 4.78 is 10.9. The third-order valence-electron chi connectivity index (χ3n) is 4.70. The number of rotatable bonds is 5. The van der Waals surface area contributed by atoms with Crippen LogP contribution in [0.1, 0.15) is 52.0 Å². The van der Waals surface area contributed by atoms with Crippen LogP contribution in [0.15, 0.2) is 24.3 Å². The Morgan fingerprint density at radius 3 is 2.32 bits per heavy atom. The summed E-state index contributed by atoms with van der Waals surface area (Å²) in [5, 5.41) is 17.9. The molecule has 0 bridgehead atoms. The quantitative estimate of drug-likeness (QED) is 0.664. The Kier molecular flexibility index (Phi) is 10.3. The smallest absolute Gasteiger partial charge is 0.432 e. The van der Waals surface area contributed by atoms with Gasteiger partial charge in [-0.15, -0.1) is 0 Å². The van der Waals surface area contributed by atoms with Crippen LogP contribution < -0.4 is 10.1 Å². The number of benzene rings is 1. The van der Waals surface area contributed by atoms with E-state index in [-0.39, 0.29) is 12.1 Å². The average molecular weight is 394 g/mol. The maximum Gasteiger partial charge on any atom is 0.432 e. The van der Waals surface area contributed by atoms with Gasteiger partial charge in [0.15, 0.2) is 0 Å². The largest absolute Gasteiger partial charge is 0.496 e. The first kappa shape index (κ1) is 24.3. The number of carbonyl (C=O) groups is 1. The lowest BCUT2D eigenvalue weighted by Gasteiger charge is -2.35. The van der Waals surface area contributed by atoms with Crippen LogP contribution in [0.4, 0.5) is 4.79 Å². The van der Waals surface area contributed by atoms with Crippen molar-refractivity contribution in [1.82, 2.24) is 10.2 Å². The molecule has 0 radical (unpaired) electrons. The average Bonchev–Trinajstić information content (AvgIpc) is 2.65. The van der Waals surface area contributed by atoms with Gasteiger partial charge in [-0.3, -0.25) is 0 Å². The Labute approximate surface area is 169 Å². The molecule has 7 nitrogen and oxygen atoms in total. The highest BCUT2D eigenvalue weighted by Crippen LogP contribution is 2.25. The van der Waals surface area contributed by atoms with Crippen LogP contribution >= 0.6 is 0 Å². The molecule has 0 aromatic heterocycles. The van der Waals surface area contributed by atoms with Gasteiger partial charge < -0.3 is 29.7 Å². The predicted molar refractivity (Wildman–Crippen MR) is 111 cm³/mol. The van der Waals surface area contributed by atoms with Crippen molar-refractivity contribution in [3.05, 3.63) is 29.8 Å². The molecule has 1 aromatic rings. The number of methoxy groups -OCH3 is 1. The SMILES string of the molecule is COc1ccccc1CNC1CCC(N(C)C(=O)OC(C)(C)C)CC1.OBO. The van der Waals surface area contributed by atoms with Crippen LogP contribution in [-0.2, 0) is 11.3 Å². The van der Waals surface area contributed by atoms with Gasteiger partial charge in [-0.2, -0.15) is 0 Å². The summed E-state index contributed by atoms with van der Waals surface area (Å²) in [6.45, 7) is 6.51. The van der Waals surface area contributed by atoms with Crippen molar-refractivity contribution in [2.45, 2.75) is 70.7 Å². The van der Waals surface area contributed by atoms with Crippen LogP contribution in [0.25, 0.3) is 0 Å². The first-order valence-electron chi connectivity index (χ1n) is 9.74. The van der Waals surface area contributed by atoms with E-state index < -0.39 is 13.3 Å². The summed E-state index contributed by atoms with van der Waals surface area (Å²) in [5.41, 5.74) is 0.733. The predicted octanol–water partition coefficient (Wildman–Crippen LogP) is 2.20. The molecule has 28 heavy (non-hydrogen) atoms. The van der Waals surface area contributed by atoms with E-state index in [1.165, 1.54) is 5.56 Å². The summed E-state index contributed by atoms with van der Waals surface area (Å²) in [4.78, 5) is 14.0. The van der Waals surface area contributed by atoms with Crippen molar-refractivity contribution >= 4 is 13.8 Å². The molecule has 3 N–H and O–H groups in total. The molecule has 0 atom stereocenters. The second kappa shape index (κ2) is 11.9. The van der Waals surface area contributed by atoms with Gasteiger partial charge in [-0.25, -0.2) is 4.79 Å². The lowest BCUT2D eigenvalue weighted by Crippen LogP contribution is -2.44. The number of para-hydroxylation sites is 1. The fourth-order valence-electron chi connectivity index (χ4n) is 3.25. The summed E-state index contributed by atoms with van der Waals surface area (Å²) in [6, 6.07) is 8.84. The first-order valence-corrected chi connectivity index (χ1v) is 9.74. The highest BCUT2D eigenvalue weighted by molar-refractivity contribution is 6.13. The number of nitrogens with one attached hydrogen (secondary N) is 1. The van der Waals surface area contributed by atoms with Crippen molar-refractivity contribution in [2.75, 3.05) is 14.2 Å². The van der Waals surface area contributed by atoms with E-state index in [9.17, 15) is 4.79 Å². The van der Waals surface area contributed by atoms with E-state index in [0.29, 0.717) is 6.04 Å². The molecule has 2 rings (SSSR count). The first-order chi connectivity index (χ1) is 13.2. The fraction of sp³-hybridized carbons (Fsp3) is 0.650. The molecule has 1 aliphatic rings. The molecule has 0 heterocycles. The summed E-state index contributed by atoms with van der Waals surface area (Å²) in [5.74, 6) is 0.924. The molecule has 0 unspecified atom stereocenters. The van der Waals surface area contributed by atoms with Gasteiger partial charge >= 0.3 is 13.8 Å². The van der Waals surface area contributed by atoms with E-state index >= 15 is 0 Å². The molecule has 1 saturated carbocycles. The zero-order chi connectivity index (χ0) is 21.2. The van der Waals surface area contributed by atoms with Crippen molar-refractivity contribution in [2.24, 2.45) is 0 Å². The zero-order valence-electron chi connectivity index (χ0n) is 17.8. The Morgan fingerprint density at radius 1 is 1.21 bits per heavy atom. The monoisotopic (exact) mass is 394 g/mol. The molecule has 1 aliphatic carbocycles. The Bertz CT molecular complexity index is 586. The van der Waals surface area contributed by atoms with Crippen LogP contribution in [0.3, 0.4) is 0 Å². The minimum Gasteiger partial charge on any atom is -0.496 e. The van der Waals surface area contributed by atoms with Crippen LogP contribution in [0.5, 0.6) is 5.75 Å². The molecule has 1 fully saturated rings. The molecule has 0 aliphatic heterocycles. The van der Waals surface area contributed by atoms with Crippen molar-refractivity contribution in [1.29, 1.82) is 0 Å². The number of hydrogen-bond donors (Lipinski definition) is 3. The number of ether oxygens (including phenoxy) is 2. The Balaban J connectivity index is 0.00000122. The lowest BCUT2D eigenvalue weighted by atomic mass is 9.90. The maximum atomic E-state index is 12.2. The minimum absolute atomic E-state index is 0.224. The minimum atomic E-state index is -0.750. The van der Waals surface area contributed by atoms with E-state index in [0.717, 1.165) is 38.0 Å². The lowest BCUT2D eigenvalue weighted by molar-refractivity contribution is 0.0179. The Morgan fingerprint density at radius 2 is 1.79 bits per heavy atom. The molecular weight excluding hydrogens is 359 g/mol. The van der Waals surface area contributed by atoms with Gasteiger partial charge in [-0.05, 0) is 52.5 Å². The molecule has 0 saturated heterocycles. The van der Waals surface area contributed by atoms with E-state index in [2.05, 4.69) is 11.4 Å². The van der Waals surface area contributed by atoms with E-state index in [1.54, 1.807) is 12.0 Å². The fourth-order valence-corrected chi connectivity index (χ4v) is 3.25. The third-order valence-corrected chi connectivity index (χ3v) is 4.70. The second-order valence-corrected chi connectivity index (χ2v) is 7.93. The molecule has 0 spiro atoms. The van der Waals surface area contributed by atoms with E-state index in [1.807, 2.05) is 46.0 Å². The number of carbonyl (C=O) groups excluding carboxylic acids is 1. The van der Waals surface area contributed by atoms with Crippen molar-refractivity contribution in [3.63, 3.8) is 0 Å². The van der Waals surface area contributed by atoms with Gasteiger partial charge in [-0.1, -0.05) is 18.2 Å². The molecule has 1 amide bonds. The second-order valence-electron chi connectivity index (χ2n) is 7.93. The highest BCUT2D eigenvalue weighted by Gasteiger charge is 2.29. The van der Waals surface area contributed by atoms with Crippen molar-refractivity contribution < 1.29 is 24.3 Å². The molecule has 158 valence electrons. The van der Waals surface area contributed by atoms with Gasteiger partial charge in [0.05, 0.1) is 7.11 Å². The number of hydrogen-bond acceptors (Lipinski definition) is 6. The van der Waals surface area contributed by atoms with Gasteiger partial charge in [0.25, 0.3) is 0 Å².